The molecule has 1 aliphatic rings. The molecule has 0 unspecified atom stereocenters. The Bertz CT molecular complexity index is 2360. The first kappa shape index (κ1) is 29.7. The Hall–Kier alpha value is -6.65. The lowest BCUT2D eigenvalue weighted by atomic mass is 9.87. The maximum absolute atomic E-state index is 9.26. The van der Waals surface area contributed by atoms with E-state index in [-0.39, 0.29) is 0 Å². The van der Waals surface area contributed by atoms with Gasteiger partial charge in [0, 0.05) is 17.2 Å². The van der Waals surface area contributed by atoms with Crippen LogP contribution in [0.15, 0.2) is 187 Å². The molecule has 232 valence electrons. The zero-order chi connectivity index (χ0) is 33.0. The van der Waals surface area contributed by atoms with Crippen molar-refractivity contribution in [2.75, 3.05) is 5.43 Å². The van der Waals surface area contributed by atoms with Crippen LogP contribution in [0.5, 0.6) is 0 Å². The number of benzene rings is 6. The third kappa shape index (κ3) is 6.23. The standard InChI is InChI=1S/C45H32N4/c46-45-42(37-21-19-34(20-22-37)32-11-5-2-6-12-32)29-38(35-17-15-33(16-18-35)31-9-3-1-4-10-31)30-44(45)49-48-39-25-23-36(24-26-39)40-27-28-47-43-14-8-7-13-41(40)43/h1-30,46,48H/b46-45?,49-44-. The normalized spacial score (nSPS) is 13.6. The predicted molar refractivity (Wildman–Crippen MR) is 206 cm³/mol. The summed E-state index contributed by atoms with van der Waals surface area (Å²) in [4.78, 5) is 4.51. The van der Waals surface area contributed by atoms with Crippen LogP contribution in [-0.2, 0) is 0 Å². The average molecular weight is 629 g/mol. The maximum Gasteiger partial charge on any atom is 0.109 e. The zero-order valence-corrected chi connectivity index (χ0v) is 26.7. The second kappa shape index (κ2) is 13.2. The fourth-order valence-corrected chi connectivity index (χ4v) is 6.26. The molecule has 1 aromatic heterocycles. The Morgan fingerprint density at radius 2 is 1.00 bits per heavy atom. The van der Waals surface area contributed by atoms with Gasteiger partial charge in [0.2, 0.25) is 0 Å². The summed E-state index contributed by atoms with van der Waals surface area (Å²) in [7, 11) is 0. The van der Waals surface area contributed by atoms with Crippen LogP contribution in [0.25, 0.3) is 55.4 Å². The molecule has 0 saturated heterocycles. The highest BCUT2D eigenvalue weighted by molar-refractivity contribution is 6.62. The molecule has 7 aromatic rings. The van der Waals surface area contributed by atoms with Gasteiger partial charge in [-0.15, -0.1) is 0 Å². The van der Waals surface area contributed by atoms with Gasteiger partial charge in [-0.3, -0.25) is 15.8 Å². The molecule has 4 heteroatoms. The monoisotopic (exact) mass is 628 g/mol. The first-order chi connectivity index (χ1) is 24.2. The van der Waals surface area contributed by atoms with E-state index in [9.17, 15) is 5.41 Å². The SMILES string of the molecule is N=C1C(c2ccc(-c3ccccc3)cc2)=CC(c2ccc(-c3ccccc3)cc2)=C/C1=N/Nc1ccc(-c2ccnc3ccccc23)cc1. The highest BCUT2D eigenvalue weighted by atomic mass is 15.3. The Labute approximate surface area is 286 Å². The van der Waals surface area contributed by atoms with Crippen LogP contribution in [0.3, 0.4) is 0 Å². The minimum Gasteiger partial charge on any atom is -0.298 e. The molecule has 0 spiro atoms. The molecular weight excluding hydrogens is 597 g/mol. The van der Waals surface area contributed by atoms with E-state index in [1.54, 1.807) is 0 Å². The fourth-order valence-electron chi connectivity index (χ4n) is 6.26. The minimum absolute atomic E-state index is 0.365. The molecule has 0 amide bonds. The summed E-state index contributed by atoms with van der Waals surface area (Å²) < 4.78 is 0. The first-order valence-electron chi connectivity index (χ1n) is 16.3. The first-order valence-corrected chi connectivity index (χ1v) is 16.3. The van der Waals surface area contributed by atoms with Crippen molar-refractivity contribution in [2.45, 2.75) is 0 Å². The van der Waals surface area contributed by atoms with Crippen LogP contribution in [0.2, 0.25) is 0 Å². The number of hydrazone groups is 1. The zero-order valence-electron chi connectivity index (χ0n) is 26.7. The highest BCUT2D eigenvalue weighted by Crippen LogP contribution is 2.32. The summed E-state index contributed by atoms with van der Waals surface area (Å²) in [6.07, 6.45) is 5.94. The number of allylic oxidation sites excluding steroid dienone is 4. The van der Waals surface area contributed by atoms with E-state index >= 15 is 0 Å². The number of fused-ring (bicyclic) bond motifs is 1. The number of pyridine rings is 1. The van der Waals surface area contributed by atoms with Gasteiger partial charge in [0.05, 0.1) is 16.9 Å². The third-order valence-electron chi connectivity index (χ3n) is 8.90. The molecule has 4 nitrogen and oxygen atoms in total. The molecule has 0 atom stereocenters. The average Bonchev–Trinajstić information content (AvgIpc) is 3.18. The van der Waals surface area contributed by atoms with Gasteiger partial charge in [-0.1, -0.05) is 140 Å². The van der Waals surface area contributed by atoms with Gasteiger partial charge in [-0.05, 0) is 86.5 Å². The minimum atomic E-state index is 0.365. The van der Waals surface area contributed by atoms with E-state index < -0.39 is 0 Å². The Balaban J connectivity index is 1.11. The van der Waals surface area contributed by atoms with Gasteiger partial charge in [0.1, 0.15) is 5.71 Å². The number of hydrogen-bond donors (Lipinski definition) is 2. The Kier molecular flexibility index (Phi) is 8.02. The van der Waals surface area contributed by atoms with Crippen molar-refractivity contribution < 1.29 is 0 Å². The molecule has 0 radical (unpaired) electrons. The lowest BCUT2D eigenvalue weighted by Crippen LogP contribution is -2.18. The molecule has 2 N–H and O–H groups in total. The van der Waals surface area contributed by atoms with Gasteiger partial charge >= 0.3 is 0 Å². The van der Waals surface area contributed by atoms with E-state index in [4.69, 9.17) is 5.10 Å². The van der Waals surface area contributed by atoms with Gasteiger partial charge in [0.15, 0.2) is 0 Å². The van der Waals surface area contributed by atoms with Crippen molar-refractivity contribution in [2.24, 2.45) is 5.10 Å². The molecule has 49 heavy (non-hydrogen) atoms. The van der Waals surface area contributed by atoms with Gasteiger partial charge in [0.25, 0.3) is 0 Å². The van der Waals surface area contributed by atoms with Crippen LogP contribution < -0.4 is 5.43 Å². The van der Waals surface area contributed by atoms with Crippen molar-refractivity contribution >= 4 is 39.2 Å². The van der Waals surface area contributed by atoms with Crippen molar-refractivity contribution in [3.8, 4) is 33.4 Å². The number of nitrogens with one attached hydrogen (secondary N) is 2. The van der Waals surface area contributed by atoms with Crippen molar-refractivity contribution in [3.05, 3.63) is 193 Å². The topological polar surface area (TPSA) is 61.1 Å². The number of hydrogen-bond acceptors (Lipinski definition) is 4. The van der Waals surface area contributed by atoms with Crippen LogP contribution in [-0.4, -0.2) is 16.4 Å². The molecule has 0 fully saturated rings. The summed E-state index contributed by atoms with van der Waals surface area (Å²) in [5.41, 5.74) is 16.7. The Morgan fingerprint density at radius 1 is 0.469 bits per heavy atom. The smallest absolute Gasteiger partial charge is 0.109 e. The summed E-state index contributed by atoms with van der Waals surface area (Å²) in [6.45, 7) is 0. The van der Waals surface area contributed by atoms with Crippen LogP contribution in [0.1, 0.15) is 11.1 Å². The van der Waals surface area contributed by atoms with E-state index in [2.05, 4.69) is 120 Å². The van der Waals surface area contributed by atoms with Crippen molar-refractivity contribution in [1.29, 1.82) is 5.41 Å². The van der Waals surface area contributed by atoms with E-state index in [0.29, 0.717) is 11.4 Å². The highest BCUT2D eigenvalue weighted by Gasteiger charge is 2.20. The quantitative estimate of drug-likeness (QED) is 0.136. The van der Waals surface area contributed by atoms with Crippen LogP contribution in [0.4, 0.5) is 5.69 Å². The lowest BCUT2D eigenvalue weighted by Gasteiger charge is -2.18. The van der Waals surface area contributed by atoms with Gasteiger partial charge in [-0.2, -0.15) is 5.10 Å². The maximum atomic E-state index is 9.26. The second-order valence-corrected chi connectivity index (χ2v) is 12.0. The number of rotatable bonds is 7. The van der Waals surface area contributed by atoms with E-state index in [0.717, 1.165) is 66.7 Å². The van der Waals surface area contributed by atoms with Crippen molar-refractivity contribution in [1.82, 2.24) is 4.98 Å². The van der Waals surface area contributed by atoms with Gasteiger partial charge < -0.3 is 0 Å². The predicted octanol–water partition coefficient (Wildman–Crippen LogP) is 11.2. The molecule has 0 bridgehead atoms. The molecule has 0 aliphatic heterocycles. The largest absolute Gasteiger partial charge is 0.298 e. The van der Waals surface area contributed by atoms with Crippen molar-refractivity contribution in [3.63, 3.8) is 0 Å². The number of nitrogens with zero attached hydrogens (tertiary/aromatic N) is 2. The van der Waals surface area contributed by atoms with Gasteiger partial charge in [-0.25, -0.2) is 0 Å². The molecule has 0 saturated carbocycles. The van der Waals surface area contributed by atoms with Crippen LogP contribution in [0, 0.1) is 5.41 Å². The summed E-state index contributed by atoms with van der Waals surface area (Å²) >= 11 is 0. The molecule has 1 aliphatic carbocycles. The summed E-state index contributed by atoms with van der Waals surface area (Å²) in [5.74, 6) is 0. The fraction of sp³-hybridized carbons (Fsp3) is 0. The third-order valence-corrected chi connectivity index (χ3v) is 8.90. The number of aromatic nitrogens is 1. The summed E-state index contributed by atoms with van der Waals surface area (Å²) in [5, 5.41) is 15.2. The molecular formula is C45H32N4. The molecule has 1 heterocycles. The number of para-hydroxylation sites is 1. The van der Waals surface area contributed by atoms with Crippen LogP contribution >= 0.6 is 0 Å². The van der Waals surface area contributed by atoms with E-state index in [1.165, 1.54) is 5.56 Å². The molecule has 8 rings (SSSR count). The lowest BCUT2D eigenvalue weighted by molar-refractivity contribution is 1.34. The molecule has 6 aromatic carbocycles. The Morgan fingerprint density at radius 3 is 1.65 bits per heavy atom. The van der Waals surface area contributed by atoms with E-state index in [1.807, 2.05) is 72.9 Å². The second-order valence-electron chi connectivity index (χ2n) is 12.0. The number of anilines is 1. The summed E-state index contributed by atoms with van der Waals surface area (Å²) in [6, 6.07) is 56.2.